The van der Waals surface area contributed by atoms with Crippen molar-refractivity contribution in [3.8, 4) is 0 Å². The highest BCUT2D eigenvalue weighted by Gasteiger charge is 2.46. The van der Waals surface area contributed by atoms with Crippen LogP contribution in [-0.4, -0.2) is 36.1 Å². The Hall–Kier alpha value is -0.0800. The van der Waals surface area contributed by atoms with E-state index in [0.717, 1.165) is 29.7 Å². The van der Waals surface area contributed by atoms with Gasteiger partial charge in [0.2, 0.25) is 0 Å². The van der Waals surface area contributed by atoms with E-state index in [0.29, 0.717) is 5.54 Å². The van der Waals surface area contributed by atoms with E-state index in [1.165, 1.54) is 58.2 Å². The molecular weight excluding hydrogens is 256 g/mol. The molecule has 3 aliphatic rings. The van der Waals surface area contributed by atoms with Crippen LogP contribution < -0.4 is 5.32 Å². The Morgan fingerprint density at radius 1 is 1.10 bits per heavy atom. The zero-order valence-corrected chi connectivity index (χ0v) is 14.7. The topological polar surface area (TPSA) is 15.3 Å². The molecule has 3 fully saturated rings. The van der Waals surface area contributed by atoms with Gasteiger partial charge in [0.15, 0.2) is 0 Å². The minimum atomic E-state index is 0.396. The number of rotatable bonds is 4. The van der Waals surface area contributed by atoms with Crippen molar-refractivity contribution in [3.63, 3.8) is 0 Å². The van der Waals surface area contributed by atoms with E-state index in [4.69, 9.17) is 0 Å². The van der Waals surface area contributed by atoms with Crippen LogP contribution in [0, 0.1) is 23.7 Å². The largest absolute Gasteiger partial charge is 0.308 e. The molecule has 2 saturated carbocycles. The Kier molecular flexibility index (Phi) is 4.66. The average molecular weight is 293 g/mol. The Morgan fingerprint density at radius 2 is 1.76 bits per heavy atom. The van der Waals surface area contributed by atoms with Crippen LogP contribution in [0.2, 0.25) is 0 Å². The monoisotopic (exact) mass is 292 g/mol. The molecule has 1 aliphatic heterocycles. The van der Waals surface area contributed by atoms with Gasteiger partial charge in [-0.3, -0.25) is 4.90 Å². The fourth-order valence-corrected chi connectivity index (χ4v) is 4.76. The SMILES string of the molecule is CC1CCC(CN2CC(C)(C3CC3)NCC2C(C)C)CC1. The molecule has 2 nitrogen and oxygen atoms in total. The van der Waals surface area contributed by atoms with Gasteiger partial charge in [-0.15, -0.1) is 0 Å². The third-order valence-electron chi connectivity index (χ3n) is 6.59. The molecule has 0 amide bonds. The van der Waals surface area contributed by atoms with Crippen molar-refractivity contribution in [2.45, 2.75) is 77.8 Å². The lowest BCUT2D eigenvalue weighted by Crippen LogP contribution is -2.65. The molecular formula is C19H36N2. The molecule has 122 valence electrons. The molecule has 1 N–H and O–H groups in total. The summed E-state index contributed by atoms with van der Waals surface area (Å²) in [5, 5.41) is 3.92. The van der Waals surface area contributed by atoms with Crippen LogP contribution in [0.5, 0.6) is 0 Å². The number of nitrogens with zero attached hydrogens (tertiary/aromatic N) is 1. The van der Waals surface area contributed by atoms with Gasteiger partial charge < -0.3 is 5.32 Å². The first kappa shape index (κ1) is 15.8. The lowest BCUT2D eigenvalue weighted by atomic mass is 9.81. The summed E-state index contributed by atoms with van der Waals surface area (Å²) in [6.07, 6.45) is 8.76. The van der Waals surface area contributed by atoms with Crippen LogP contribution in [-0.2, 0) is 0 Å². The van der Waals surface area contributed by atoms with Crippen molar-refractivity contribution in [1.82, 2.24) is 10.2 Å². The number of hydrogen-bond acceptors (Lipinski definition) is 2. The summed E-state index contributed by atoms with van der Waals surface area (Å²) >= 11 is 0. The molecule has 1 saturated heterocycles. The second kappa shape index (κ2) is 6.20. The summed E-state index contributed by atoms with van der Waals surface area (Å²) in [6.45, 7) is 13.6. The van der Waals surface area contributed by atoms with E-state index in [1.807, 2.05) is 0 Å². The molecule has 0 aromatic heterocycles. The van der Waals surface area contributed by atoms with Crippen molar-refractivity contribution < 1.29 is 0 Å². The Labute approximate surface area is 132 Å². The van der Waals surface area contributed by atoms with E-state index in [-0.39, 0.29) is 0 Å². The van der Waals surface area contributed by atoms with Crippen LogP contribution >= 0.6 is 0 Å². The molecule has 0 bridgehead atoms. The lowest BCUT2D eigenvalue weighted by Gasteiger charge is -2.49. The third-order valence-corrected chi connectivity index (χ3v) is 6.59. The van der Waals surface area contributed by atoms with E-state index in [2.05, 4.69) is 37.9 Å². The highest BCUT2D eigenvalue weighted by molar-refractivity contribution is 5.04. The van der Waals surface area contributed by atoms with Crippen molar-refractivity contribution in [1.29, 1.82) is 0 Å². The van der Waals surface area contributed by atoms with Crippen LogP contribution in [0.3, 0.4) is 0 Å². The van der Waals surface area contributed by atoms with E-state index in [1.54, 1.807) is 0 Å². The second-order valence-electron chi connectivity index (χ2n) is 8.94. The minimum absolute atomic E-state index is 0.396. The minimum Gasteiger partial charge on any atom is -0.308 e. The quantitative estimate of drug-likeness (QED) is 0.845. The summed E-state index contributed by atoms with van der Waals surface area (Å²) in [5.41, 5.74) is 0.396. The van der Waals surface area contributed by atoms with Crippen LogP contribution in [0.1, 0.15) is 66.2 Å². The summed E-state index contributed by atoms with van der Waals surface area (Å²) in [6, 6.07) is 0.746. The van der Waals surface area contributed by atoms with Gasteiger partial charge in [0, 0.05) is 31.2 Å². The standard InChI is InChI=1S/C19H36N2/c1-14(2)18-11-20-19(4,17-9-10-17)13-21(18)12-16-7-5-15(3)6-8-16/h14-18,20H,5-13H2,1-4H3. The Morgan fingerprint density at radius 3 is 2.33 bits per heavy atom. The van der Waals surface area contributed by atoms with Crippen molar-refractivity contribution >= 4 is 0 Å². The summed E-state index contributed by atoms with van der Waals surface area (Å²) in [4.78, 5) is 2.88. The zero-order valence-electron chi connectivity index (χ0n) is 14.7. The maximum atomic E-state index is 3.92. The first-order valence-corrected chi connectivity index (χ1v) is 9.47. The fraction of sp³-hybridized carbons (Fsp3) is 1.00. The van der Waals surface area contributed by atoms with Crippen LogP contribution in [0.15, 0.2) is 0 Å². The summed E-state index contributed by atoms with van der Waals surface area (Å²) in [7, 11) is 0. The lowest BCUT2D eigenvalue weighted by molar-refractivity contribution is 0.0332. The molecule has 3 rings (SSSR count). The highest BCUT2D eigenvalue weighted by atomic mass is 15.3. The maximum Gasteiger partial charge on any atom is 0.0309 e. The van der Waals surface area contributed by atoms with Gasteiger partial charge in [0.05, 0.1) is 0 Å². The molecule has 2 heteroatoms. The van der Waals surface area contributed by atoms with E-state index < -0.39 is 0 Å². The second-order valence-corrected chi connectivity index (χ2v) is 8.94. The van der Waals surface area contributed by atoms with Gasteiger partial charge in [0.25, 0.3) is 0 Å². The summed E-state index contributed by atoms with van der Waals surface area (Å²) < 4.78 is 0. The fourth-order valence-electron chi connectivity index (χ4n) is 4.76. The Bertz CT molecular complexity index is 341. The van der Waals surface area contributed by atoms with Gasteiger partial charge >= 0.3 is 0 Å². The van der Waals surface area contributed by atoms with Gasteiger partial charge in [0.1, 0.15) is 0 Å². The van der Waals surface area contributed by atoms with Crippen molar-refractivity contribution in [2.75, 3.05) is 19.6 Å². The van der Waals surface area contributed by atoms with Crippen molar-refractivity contribution in [2.24, 2.45) is 23.7 Å². The predicted octanol–water partition coefficient (Wildman–Crippen LogP) is 3.91. The molecule has 2 atom stereocenters. The smallest absolute Gasteiger partial charge is 0.0309 e. The molecule has 0 spiro atoms. The van der Waals surface area contributed by atoms with Gasteiger partial charge in [-0.1, -0.05) is 33.6 Å². The molecule has 1 heterocycles. The van der Waals surface area contributed by atoms with Gasteiger partial charge in [-0.2, -0.15) is 0 Å². The molecule has 0 aromatic rings. The maximum absolute atomic E-state index is 3.92. The third kappa shape index (κ3) is 3.64. The first-order chi connectivity index (χ1) is 9.98. The van der Waals surface area contributed by atoms with Gasteiger partial charge in [-0.05, 0) is 56.3 Å². The molecule has 0 aromatic carbocycles. The average Bonchev–Trinajstić information content (AvgIpc) is 3.26. The van der Waals surface area contributed by atoms with E-state index >= 15 is 0 Å². The normalized spacial score (nSPS) is 42.4. The molecule has 21 heavy (non-hydrogen) atoms. The van der Waals surface area contributed by atoms with Crippen LogP contribution in [0.4, 0.5) is 0 Å². The number of nitrogens with one attached hydrogen (secondary N) is 1. The summed E-state index contributed by atoms with van der Waals surface area (Å²) in [5.74, 6) is 3.65. The van der Waals surface area contributed by atoms with Crippen LogP contribution in [0.25, 0.3) is 0 Å². The molecule has 0 radical (unpaired) electrons. The Balaban J connectivity index is 1.63. The highest BCUT2D eigenvalue weighted by Crippen LogP contribution is 2.42. The van der Waals surface area contributed by atoms with E-state index in [9.17, 15) is 0 Å². The first-order valence-electron chi connectivity index (χ1n) is 9.47. The number of hydrogen-bond donors (Lipinski definition) is 1. The van der Waals surface area contributed by atoms with Gasteiger partial charge in [-0.25, -0.2) is 0 Å². The zero-order chi connectivity index (χ0) is 15.0. The number of piperazine rings is 1. The molecule has 2 unspecified atom stereocenters. The molecule has 2 aliphatic carbocycles. The predicted molar refractivity (Wildman–Crippen MR) is 90.5 cm³/mol. The van der Waals surface area contributed by atoms with Crippen molar-refractivity contribution in [3.05, 3.63) is 0 Å².